The van der Waals surface area contributed by atoms with E-state index in [1.54, 1.807) is 13.4 Å². The Balaban J connectivity index is 2.02. The predicted octanol–water partition coefficient (Wildman–Crippen LogP) is 1.02. The molecule has 0 bridgehead atoms. The van der Waals surface area contributed by atoms with Gasteiger partial charge in [-0.05, 0) is 18.2 Å². The van der Waals surface area contributed by atoms with E-state index in [2.05, 4.69) is 20.6 Å². The third-order valence-corrected chi connectivity index (χ3v) is 2.96. The van der Waals surface area contributed by atoms with Gasteiger partial charge in [-0.1, -0.05) is 0 Å². The van der Waals surface area contributed by atoms with E-state index >= 15 is 0 Å². The summed E-state index contributed by atoms with van der Waals surface area (Å²) in [5, 5.41) is 7.62. The summed E-state index contributed by atoms with van der Waals surface area (Å²) >= 11 is 0. The number of benzene rings is 1. The number of anilines is 1. The van der Waals surface area contributed by atoms with Crippen LogP contribution in [0.15, 0.2) is 24.5 Å². The average Bonchev–Trinajstić information content (AvgIpc) is 2.33. The Bertz CT molecular complexity index is 539. The molecule has 0 unspecified atom stereocenters. The second-order valence-electron chi connectivity index (χ2n) is 4.10. The van der Waals surface area contributed by atoms with Crippen LogP contribution in [0, 0.1) is 0 Å². The van der Waals surface area contributed by atoms with E-state index in [0.29, 0.717) is 6.04 Å². The highest BCUT2D eigenvalue weighted by molar-refractivity contribution is 5.90. The third-order valence-electron chi connectivity index (χ3n) is 2.96. The monoisotopic (exact) mass is 230 g/mol. The normalized spacial score (nSPS) is 15.6. The van der Waals surface area contributed by atoms with Crippen molar-refractivity contribution in [1.82, 2.24) is 15.3 Å². The molecule has 0 aliphatic carbocycles. The van der Waals surface area contributed by atoms with Crippen LogP contribution in [0.4, 0.5) is 5.82 Å². The lowest BCUT2D eigenvalue weighted by atomic mass is 10.1. The minimum absolute atomic E-state index is 0.458. The highest BCUT2D eigenvalue weighted by Gasteiger charge is 2.17. The summed E-state index contributed by atoms with van der Waals surface area (Å²) in [6.45, 7) is 1.96. The fraction of sp³-hybridized carbons (Fsp3) is 0.333. The topological polar surface area (TPSA) is 59.1 Å². The first-order valence-electron chi connectivity index (χ1n) is 5.63. The van der Waals surface area contributed by atoms with Crippen molar-refractivity contribution in [3.63, 3.8) is 0 Å². The number of aromatic nitrogens is 2. The highest BCUT2D eigenvalue weighted by atomic mass is 16.5. The van der Waals surface area contributed by atoms with Gasteiger partial charge in [-0.15, -0.1) is 0 Å². The van der Waals surface area contributed by atoms with E-state index in [1.807, 2.05) is 18.2 Å². The van der Waals surface area contributed by atoms with Crippen molar-refractivity contribution in [3.8, 4) is 5.75 Å². The first-order valence-corrected chi connectivity index (χ1v) is 5.63. The molecule has 0 radical (unpaired) electrons. The van der Waals surface area contributed by atoms with Crippen molar-refractivity contribution in [2.24, 2.45) is 0 Å². The Kier molecular flexibility index (Phi) is 2.53. The number of nitrogens with zero attached hydrogens (tertiary/aromatic N) is 2. The number of nitrogens with one attached hydrogen (secondary N) is 2. The number of hydrogen-bond donors (Lipinski definition) is 2. The summed E-state index contributed by atoms with van der Waals surface area (Å²) in [6.07, 6.45) is 1.59. The standard InChI is InChI=1S/C12H14N4O/c1-17-9-2-3-11-10(4-9)12(15-7-14-11)16-8-5-13-6-8/h2-4,7-8,13H,5-6H2,1H3,(H,14,15,16). The van der Waals surface area contributed by atoms with Gasteiger partial charge in [-0.25, -0.2) is 9.97 Å². The van der Waals surface area contributed by atoms with Gasteiger partial charge in [0, 0.05) is 18.5 Å². The van der Waals surface area contributed by atoms with Gasteiger partial charge in [-0.3, -0.25) is 0 Å². The number of hydrogen-bond acceptors (Lipinski definition) is 5. The molecular formula is C12H14N4O. The average molecular weight is 230 g/mol. The number of rotatable bonds is 3. The molecule has 1 saturated heterocycles. The van der Waals surface area contributed by atoms with Crippen molar-refractivity contribution >= 4 is 16.7 Å². The first kappa shape index (κ1) is 10.3. The van der Waals surface area contributed by atoms with Crippen molar-refractivity contribution in [3.05, 3.63) is 24.5 Å². The molecule has 0 atom stereocenters. The minimum atomic E-state index is 0.458. The molecule has 1 aromatic heterocycles. The zero-order valence-corrected chi connectivity index (χ0v) is 9.60. The van der Waals surface area contributed by atoms with E-state index in [9.17, 15) is 0 Å². The lowest BCUT2D eigenvalue weighted by molar-refractivity contribution is 0.415. The molecule has 2 heterocycles. The molecule has 0 spiro atoms. The van der Waals surface area contributed by atoms with E-state index in [4.69, 9.17) is 4.74 Å². The molecule has 17 heavy (non-hydrogen) atoms. The summed E-state index contributed by atoms with van der Waals surface area (Å²) in [6, 6.07) is 6.27. The maximum atomic E-state index is 5.23. The predicted molar refractivity (Wildman–Crippen MR) is 66.4 cm³/mol. The van der Waals surface area contributed by atoms with Crippen LogP contribution in [0.25, 0.3) is 10.9 Å². The van der Waals surface area contributed by atoms with Crippen LogP contribution in [-0.4, -0.2) is 36.2 Å². The van der Waals surface area contributed by atoms with Gasteiger partial charge in [0.25, 0.3) is 0 Å². The second-order valence-corrected chi connectivity index (χ2v) is 4.10. The van der Waals surface area contributed by atoms with Gasteiger partial charge in [0.1, 0.15) is 17.9 Å². The van der Waals surface area contributed by atoms with Gasteiger partial charge in [0.2, 0.25) is 0 Å². The second kappa shape index (κ2) is 4.18. The Morgan fingerprint density at radius 1 is 1.35 bits per heavy atom. The maximum Gasteiger partial charge on any atom is 0.137 e. The molecule has 1 aromatic carbocycles. The van der Waals surface area contributed by atoms with Gasteiger partial charge >= 0.3 is 0 Å². The Labute approximate surface area is 99.2 Å². The van der Waals surface area contributed by atoms with Crippen LogP contribution in [0.5, 0.6) is 5.75 Å². The van der Waals surface area contributed by atoms with Gasteiger partial charge in [-0.2, -0.15) is 0 Å². The third kappa shape index (κ3) is 1.89. The van der Waals surface area contributed by atoms with Crippen molar-refractivity contribution in [2.75, 3.05) is 25.5 Å². The summed E-state index contributed by atoms with van der Waals surface area (Å²) in [4.78, 5) is 8.54. The fourth-order valence-corrected chi connectivity index (χ4v) is 1.86. The zero-order chi connectivity index (χ0) is 11.7. The molecule has 0 saturated carbocycles. The van der Waals surface area contributed by atoms with Crippen LogP contribution in [0.3, 0.4) is 0 Å². The molecule has 5 nitrogen and oxygen atoms in total. The quantitative estimate of drug-likeness (QED) is 0.824. The van der Waals surface area contributed by atoms with E-state index in [0.717, 1.165) is 35.6 Å². The Morgan fingerprint density at radius 3 is 2.94 bits per heavy atom. The van der Waals surface area contributed by atoms with Crippen LogP contribution in [0.2, 0.25) is 0 Å². The molecule has 1 aliphatic rings. The minimum Gasteiger partial charge on any atom is -0.497 e. The van der Waals surface area contributed by atoms with Gasteiger partial charge < -0.3 is 15.4 Å². The molecule has 5 heteroatoms. The van der Waals surface area contributed by atoms with E-state index in [-0.39, 0.29) is 0 Å². The lowest BCUT2D eigenvalue weighted by Gasteiger charge is -2.28. The van der Waals surface area contributed by atoms with Crippen molar-refractivity contribution in [2.45, 2.75) is 6.04 Å². The lowest BCUT2D eigenvalue weighted by Crippen LogP contribution is -2.51. The number of ether oxygens (including phenoxy) is 1. The van der Waals surface area contributed by atoms with Crippen molar-refractivity contribution < 1.29 is 4.74 Å². The maximum absolute atomic E-state index is 5.23. The summed E-state index contributed by atoms with van der Waals surface area (Å²) in [5.41, 5.74) is 0.926. The van der Waals surface area contributed by atoms with Gasteiger partial charge in [0.05, 0.1) is 18.7 Å². The Hall–Kier alpha value is -1.88. The molecule has 88 valence electrons. The van der Waals surface area contributed by atoms with Crippen LogP contribution >= 0.6 is 0 Å². The van der Waals surface area contributed by atoms with Gasteiger partial charge in [0.15, 0.2) is 0 Å². The summed E-state index contributed by atoms with van der Waals surface area (Å²) < 4.78 is 5.23. The van der Waals surface area contributed by atoms with E-state index < -0.39 is 0 Å². The van der Waals surface area contributed by atoms with Crippen LogP contribution < -0.4 is 15.4 Å². The van der Waals surface area contributed by atoms with Crippen LogP contribution in [-0.2, 0) is 0 Å². The van der Waals surface area contributed by atoms with E-state index in [1.165, 1.54) is 0 Å². The summed E-state index contributed by atoms with van der Waals surface area (Å²) in [5.74, 6) is 1.70. The molecule has 1 aliphatic heterocycles. The fourth-order valence-electron chi connectivity index (χ4n) is 1.86. The number of fused-ring (bicyclic) bond motifs is 1. The van der Waals surface area contributed by atoms with Crippen molar-refractivity contribution in [1.29, 1.82) is 0 Å². The number of methoxy groups -OCH3 is 1. The molecule has 1 fully saturated rings. The zero-order valence-electron chi connectivity index (χ0n) is 9.60. The molecule has 2 aromatic rings. The summed E-state index contributed by atoms with van der Waals surface area (Å²) in [7, 11) is 1.66. The first-order chi connectivity index (χ1) is 8.36. The molecule has 3 rings (SSSR count). The molecular weight excluding hydrogens is 216 g/mol. The highest BCUT2D eigenvalue weighted by Crippen LogP contribution is 2.24. The largest absolute Gasteiger partial charge is 0.497 e. The SMILES string of the molecule is COc1ccc2ncnc(NC3CNC3)c2c1. The molecule has 0 amide bonds. The van der Waals surface area contributed by atoms with Crippen LogP contribution in [0.1, 0.15) is 0 Å². The smallest absolute Gasteiger partial charge is 0.137 e. The Morgan fingerprint density at radius 2 is 2.24 bits per heavy atom. The molecule has 2 N–H and O–H groups in total.